The average molecular weight is 437 g/mol. The predicted molar refractivity (Wildman–Crippen MR) is 123 cm³/mol. The molecule has 154 valence electrons. The molecule has 2 aromatic heterocycles. The van der Waals surface area contributed by atoms with Crippen LogP contribution in [0.15, 0.2) is 59.1 Å². The van der Waals surface area contributed by atoms with E-state index in [4.69, 9.17) is 9.72 Å². The van der Waals surface area contributed by atoms with Gasteiger partial charge in [0.25, 0.3) is 0 Å². The van der Waals surface area contributed by atoms with Crippen LogP contribution in [0.25, 0.3) is 10.6 Å². The fourth-order valence-corrected chi connectivity index (χ4v) is 4.96. The minimum atomic E-state index is 0.402. The molecule has 5 nitrogen and oxygen atoms in total. The minimum absolute atomic E-state index is 0.402. The molecule has 4 rings (SSSR count). The van der Waals surface area contributed by atoms with Crippen molar-refractivity contribution in [3.05, 3.63) is 76.6 Å². The lowest BCUT2D eigenvalue weighted by molar-refractivity contribution is 0.288. The van der Waals surface area contributed by atoms with Crippen LogP contribution in [-0.4, -0.2) is 19.7 Å². The minimum Gasteiger partial charge on any atom is -0.486 e. The Morgan fingerprint density at radius 3 is 2.60 bits per heavy atom. The van der Waals surface area contributed by atoms with Gasteiger partial charge in [-0.15, -0.1) is 21.5 Å². The molecule has 0 amide bonds. The lowest BCUT2D eigenvalue weighted by atomic mass is 10.1. The molecule has 0 unspecified atom stereocenters. The van der Waals surface area contributed by atoms with Crippen molar-refractivity contribution in [3.63, 3.8) is 0 Å². The number of hydrogen-bond donors (Lipinski definition) is 0. The smallest absolute Gasteiger partial charge is 0.191 e. The highest BCUT2D eigenvalue weighted by Gasteiger charge is 2.13. The van der Waals surface area contributed by atoms with Crippen molar-refractivity contribution in [1.29, 1.82) is 0 Å². The molecule has 30 heavy (non-hydrogen) atoms. The maximum atomic E-state index is 5.91. The zero-order valence-corrected chi connectivity index (χ0v) is 19.0. The second-order valence-corrected chi connectivity index (χ2v) is 8.85. The SMILES string of the molecule is CCn1c(COc2cccc(C)c2)nnc1SCc1csc(-c2cccc(C)c2)n1. The fourth-order valence-electron chi connectivity index (χ4n) is 3.13. The predicted octanol–water partition coefficient (Wildman–Crippen LogP) is 5.91. The average Bonchev–Trinajstić information content (AvgIpc) is 3.37. The van der Waals surface area contributed by atoms with Crippen LogP contribution < -0.4 is 4.74 Å². The highest BCUT2D eigenvalue weighted by Crippen LogP contribution is 2.28. The van der Waals surface area contributed by atoms with Gasteiger partial charge in [0.05, 0.1) is 5.69 Å². The monoisotopic (exact) mass is 436 g/mol. The van der Waals surface area contributed by atoms with Crippen molar-refractivity contribution in [2.75, 3.05) is 0 Å². The molecule has 0 fully saturated rings. The Balaban J connectivity index is 1.40. The Kier molecular flexibility index (Phi) is 6.50. The lowest BCUT2D eigenvalue weighted by Gasteiger charge is -2.09. The van der Waals surface area contributed by atoms with Gasteiger partial charge in [-0.05, 0) is 44.5 Å². The van der Waals surface area contributed by atoms with Crippen LogP contribution in [0.1, 0.15) is 29.6 Å². The first-order valence-electron chi connectivity index (χ1n) is 9.88. The summed E-state index contributed by atoms with van der Waals surface area (Å²) in [4.78, 5) is 4.80. The molecule has 2 aromatic carbocycles. The molecule has 0 saturated carbocycles. The molecule has 0 radical (unpaired) electrons. The number of benzene rings is 2. The number of aromatic nitrogens is 4. The molecule has 2 heterocycles. The number of aryl methyl sites for hydroxylation is 2. The zero-order chi connectivity index (χ0) is 20.9. The number of thioether (sulfide) groups is 1. The summed E-state index contributed by atoms with van der Waals surface area (Å²) in [5, 5.41) is 12.8. The van der Waals surface area contributed by atoms with Crippen molar-refractivity contribution < 1.29 is 4.74 Å². The first kappa shape index (κ1) is 20.6. The molecule has 0 bridgehead atoms. The summed E-state index contributed by atoms with van der Waals surface area (Å²) in [6.07, 6.45) is 0. The van der Waals surface area contributed by atoms with Gasteiger partial charge in [0.1, 0.15) is 17.4 Å². The summed E-state index contributed by atoms with van der Waals surface area (Å²) >= 11 is 3.34. The topological polar surface area (TPSA) is 52.8 Å². The molecule has 0 spiro atoms. The maximum Gasteiger partial charge on any atom is 0.191 e. The molecular formula is C23H24N4OS2. The zero-order valence-electron chi connectivity index (χ0n) is 17.3. The maximum absolute atomic E-state index is 5.91. The van der Waals surface area contributed by atoms with E-state index in [-0.39, 0.29) is 0 Å². The normalized spacial score (nSPS) is 11.0. The van der Waals surface area contributed by atoms with Gasteiger partial charge in [0.2, 0.25) is 0 Å². The van der Waals surface area contributed by atoms with Crippen LogP contribution in [0.3, 0.4) is 0 Å². The van der Waals surface area contributed by atoms with Crippen LogP contribution in [0, 0.1) is 13.8 Å². The van der Waals surface area contributed by atoms with Crippen molar-refractivity contribution in [2.45, 2.75) is 44.8 Å². The number of nitrogens with zero attached hydrogens (tertiary/aromatic N) is 4. The summed E-state index contributed by atoms with van der Waals surface area (Å²) in [5.41, 5.74) is 4.65. The Morgan fingerprint density at radius 1 is 1.03 bits per heavy atom. The van der Waals surface area contributed by atoms with E-state index in [1.165, 1.54) is 16.7 Å². The summed E-state index contributed by atoms with van der Waals surface area (Å²) in [5.74, 6) is 2.44. The summed E-state index contributed by atoms with van der Waals surface area (Å²) in [6, 6.07) is 16.5. The van der Waals surface area contributed by atoms with Gasteiger partial charge >= 0.3 is 0 Å². The van der Waals surface area contributed by atoms with Crippen LogP contribution in [-0.2, 0) is 18.9 Å². The van der Waals surface area contributed by atoms with E-state index in [1.807, 2.05) is 18.2 Å². The van der Waals surface area contributed by atoms with Crippen molar-refractivity contribution >= 4 is 23.1 Å². The van der Waals surface area contributed by atoms with Crippen LogP contribution in [0.4, 0.5) is 0 Å². The Bertz CT molecular complexity index is 1140. The number of hydrogen-bond acceptors (Lipinski definition) is 6. The first-order chi connectivity index (χ1) is 14.6. The van der Waals surface area contributed by atoms with Gasteiger partial charge in [0.15, 0.2) is 11.0 Å². The Morgan fingerprint density at radius 2 is 1.83 bits per heavy atom. The third kappa shape index (κ3) is 4.91. The van der Waals surface area contributed by atoms with Gasteiger partial charge in [-0.3, -0.25) is 0 Å². The van der Waals surface area contributed by atoms with Crippen molar-refractivity contribution in [3.8, 4) is 16.3 Å². The highest BCUT2D eigenvalue weighted by atomic mass is 32.2. The van der Waals surface area contributed by atoms with E-state index in [0.717, 1.165) is 39.7 Å². The first-order valence-corrected chi connectivity index (χ1v) is 11.7. The van der Waals surface area contributed by atoms with Gasteiger partial charge < -0.3 is 9.30 Å². The van der Waals surface area contributed by atoms with Crippen LogP contribution >= 0.6 is 23.1 Å². The van der Waals surface area contributed by atoms with Crippen LogP contribution in [0.2, 0.25) is 0 Å². The fraction of sp³-hybridized carbons (Fsp3) is 0.261. The number of rotatable bonds is 8. The number of thiazole rings is 1. The standard InChI is InChI=1S/C23H24N4OS2/c1-4-27-21(13-28-20-10-6-8-17(3)12-20)25-26-23(27)30-15-19-14-29-22(24-19)18-9-5-7-16(2)11-18/h5-12,14H,4,13,15H2,1-3H3. The molecule has 4 aromatic rings. The molecule has 0 N–H and O–H groups in total. The van der Waals surface area contributed by atoms with Gasteiger partial charge in [-0.2, -0.15) is 0 Å². The van der Waals surface area contributed by atoms with Crippen molar-refractivity contribution in [1.82, 2.24) is 19.7 Å². The van der Waals surface area contributed by atoms with E-state index in [1.54, 1.807) is 23.1 Å². The van der Waals surface area contributed by atoms with E-state index in [9.17, 15) is 0 Å². The Hall–Kier alpha value is -2.64. The molecule has 0 aliphatic heterocycles. The molecule has 0 aliphatic rings. The van der Waals surface area contributed by atoms with E-state index in [0.29, 0.717) is 6.61 Å². The number of ether oxygens (including phenoxy) is 1. The van der Waals surface area contributed by atoms with E-state index in [2.05, 4.69) is 71.2 Å². The summed E-state index contributed by atoms with van der Waals surface area (Å²) < 4.78 is 8.02. The van der Waals surface area contributed by atoms with Gasteiger partial charge in [-0.1, -0.05) is 47.7 Å². The molecule has 0 atom stereocenters. The molecule has 0 aliphatic carbocycles. The van der Waals surface area contributed by atoms with Gasteiger partial charge in [0, 0.05) is 23.2 Å². The highest BCUT2D eigenvalue weighted by molar-refractivity contribution is 7.98. The quantitative estimate of drug-likeness (QED) is 0.321. The second kappa shape index (κ2) is 9.45. The second-order valence-electron chi connectivity index (χ2n) is 7.05. The molecule has 7 heteroatoms. The van der Waals surface area contributed by atoms with Crippen LogP contribution in [0.5, 0.6) is 5.75 Å². The molecule has 0 saturated heterocycles. The molecular weight excluding hydrogens is 412 g/mol. The summed E-state index contributed by atoms with van der Waals surface area (Å²) in [6.45, 7) is 7.46. The lowest BCUT2D eigenvalue weighted by Crippen LogP contribution is -2.07. The third-order valence-electron chi connectivity index (χ3n) is 4.63. The van der Waals surface area contributed by atoms with Crippen molar-refractivity contribution in [2.24, 2.45) is 0 Å². The Labute approximate surface area is 185 Å². The third-order valence-corrected chi connectivity index (χ3v) is 6.57. The van der Waals surface area contributed by atoms with E-state index >= 15 is 0 Å². The summed E-state index contributed by atoms with van der Waals surface area (Å²) in [7, 11) is 0. The van der Waals surface area contributed by atoms with E-state index < -0.39 is 0 Å². The van der Waals surface area contributed by atoms with Gasteiger partial charge in [-0.25, -0.2) is 4.98 Å². The largest absolute Gasteiger partial charge is 0.486 e.